The number of pyridine rings is 3. The van der Waals surface area contributed by atoms with Crippen molar-refractivity contribution in [3.63, 3.8) is 0 Å². The molecule has 3 aromatic rings. The molecule has 1 aliphatic rings. The van der Waals surface area contributed by atoms with E-state index < -0.39 is 0 Å². The van der Waals surface area contributed by atoms with E-state index >= 15 is 0 Å². The molecule has 102 valence electrons. The van der Waals surface area contributed by atoms with Gasteiger partial charge in [0.2, 0.25) is 0 Å². The van der Waals surface area contributed by atoms with Gasteiger partial charge in [0.1, 0.15) is 0 Å². The minimum atomic E-state index is 0.969. The molecule has 0 aliphatic heterocycles. The van der Waals surface area contributed by atoms with Crippen molar-refractivity contribution >= 4 is 0 Å². The Hall–Kier alpha value is -2.55. The number of hydrogen-bond donors (Lipinski definition) is 0. The lowest BCUT2D eigenvalue weighted by molar-refractivity contribution is 0.911. The molecule has 0 bridgehead atoms. The van der Waals surface area contributed by atoms with E-state index in [-0.39, 0.29) is 0 Å². The summed E-state index contributed by atoms with van der Waals surface area (Å²) in [7, 11) is 0. The fraction of sp³-hybridized carbons (Fsp3) is 0.167. The van der Waals surface area contributed by atoms with E-state index in [1.807, 2.05) is 43.0 Å². The lowest BCUT2D eigenvalue weighted by Gasteiger charge is -2.12. The fourth-order valence-electron chi connectivity index (χ4n) is 3.09. The monoisotopic (exact) mass is 273 g/mol. The van der Waals surface area contributed by atoms with Crippen molar-refractivity contribution in [2.24, 2.45) is 0 Å². The number of rotatable bonds is 2. The topological polar surface area (TPSA) is 38.7 Å². The zero-order valence-electron chi connectivity index (χ0n) is 11.7. The second kappa shape index (κ2) is 5.09. The van der Waals surface area contributed by atoms with E-state index in [0.717, 1.165) is 24.2 Å². The number of aromatic nitrogens is 3. The van der Waals surface area contributed by atoms with E-state index in [0.29, 0.717) is 0 Å². The maximum atomic E-state index is 4.71. The van der Waals surface area contributed by atoms with E-state index in [9.17, 15) is 0 Å². The van der Waals surface area contributed by atoms with Gasteiger partial charge in [0.25, 0.3) is 0 Å². The first kappa shape index (κ1) is 12.2. The molecule has 21 heavy (non-hydrogen) atoms. The Morgan fingerprint density at radius 3 is 2.48 bits per heavy atom. The zero-order chi connectivity index (χ0) is 14.1. The Bertz CT molecular complexity index is 701. The Morgan fingerprint density at radius 1 is 0.810 bits per heavy atom. The third-order valence-electron chi connectivity index (χ3n) is 4.05. The van der Waals surface area contributed by atoms with Crippen LogP contribution in [0, 0.1) is 0 Å². The first-order chi connectivity index (χ1) is 10.4. The predicted molar refractivity (Wildman–Crippen MR) is 82.7 cm³/mol. The lowest BCUT2D eigenvalue weighted by Crippen LogP contribution is -1.97. The van der Waals surface area contributed by atoms with Crippen LogP contribution in [0.2, 0.25) is 0 Å². The molecule has 0 unspecified atom stereocenters. The van der Waals surface area contributed by atoms with Crippen LogP contribution in [0.5, 0.6) is 0 Å². The Labute approximate surface area is 123 Å². The Balaban J connectivity index is 1.90. The van der Waals surface area contributed by atoms with Crippen LogP contribution in [0.4, 0.5) is 0 Å². The quantitative estimate of drug-likeness (QED) is 0.714. The van der Waals surface area contributed by atoms with Crippen molar-refractivity contribution < 1.29 is 0 Å². The van der Waals surface area contributed by atoms with Crippen molar-refractivity contribution in [3.05, 3.63) is 66.2 Å². The minimum absolute atomic E-state index is 0.969. The van der Waals surface area contributed by atoms with Gasteiger partial charge >= 0.3 is 0 Å². The number of fused-ring (bicyclic) bond motifs is 1. The summed E-state index contributed by atoms with van der Waals surface area (Å²) >= 11 is 0. The summed E-state index contributed by atoms with van der Waals surface area (Å²) in [4.78, 5) is 13.3. The fourth-order valence-corrected chi connectivity index (χ4v) is 3.09. The van der Waals surface area contributed by atoms with Crippen LogP contribution in [0.3, 0.4) is 0 Å². The Morgan fingerprint density at radius 2 is 1.67 bits per heavy atom. The third-order valence-corrected chi connectivity index (χ3v) is 4.05. The molecular formula is C18H15N3. The van der Waals surface area contributed by atoms with Crippen LogP contribution in [0.25, 0.3) is 22.5 Å². The van der Waals surface area contributed by atoms with Crippen molar-refractivity contribution in [1.29, 1.82) is 0 Å². The van der Waals surface area contributed by atoms with Gasteiger partial charge in [-0.25, -0.2) is 0 Å². The molecule has 0 radical (unpaired) electrons. The highest BCUT2D eigenvalue weighted by Gasteiger charge is 2.21. The van der Waals surface area contributed by atoms with Gasteiger partial charge in [-0.05, 0) is 60.2 Å². The molecule has 0 atom stereocenters. The summed E-state index contributed by atoms with van der Waals surface area (Å²) in [6, 6.07) is 10.1. The van der Waals surface area contributed by atoms with Crippen molar-refractivity contribution in [2.75, 3.05) is 0 Å². The molecule has 3 aromatic heterocycles. The maximum Gasteiger partial charge on any atom is 0.0921 e. The molecule has 0 spiro atoms. The number of nitrogens with zero attached hydrogens (tertiary/aromatic N) is 3. The average Bonchev–Trinajstić information content (AvgIpc) is 3.05. The van der Waals surface area contributed by atoms with Crippen LogP contribution in [0.15, 0.2) is 55.1 Å². The molecule has 0 aromatic carbocycles. The van der Waals surface area contributed by atoms with Gasteiger partial charge in [-0.2, -0.15) is 0 Å². The molecule has 1 aliphatic carbocycles. The first-order valence-electron chi connectivity index (χ1n) is 7.26. The number of hydrogen-bond acceptors (Lipinski definition) is 3. The van der Waals surface area contributed by atoms with E-state index in [4.69, 9.17) is 4.98 Å². The molecule has 0 fully saturated rings. The summed E-state index contributed by atoms with van der Waals surface area (Å²) in [5, 5.41) is 0. The van der Waals surface area contributed by atoms with Crippen LogP contribution >= 0.6 is 0 Å². The van der Waals surface area contributed by atoms with Crippen LogP contribution in [0.1, 0.15) is 17.5 Å². The van der Waals surface area contributed by atoms with Crippen LogP contribution < -0.4 is 0 Å². The van der Waals surface area contributed by atoms with Gasteiger partial charge in [-0.1, -0.05) is 6.07 Å². The summed E-state index contributed by atoms with van der Waals surface area (Å²) in [5.41, 5.74) is 7.24. The van der Waals surface area contributed by atoms with Crippen LogP contribution in [-0.2, 0) is 12.8 Å². The summed E-state index contributed by atoms with van der Waals surface area (Å²) in [6.07, 6.45) is 10.9. The first-order valence-corrected chi connectivity index (χ1v) is 7.26. The summed E-state index contributed by atoms with van der Waals surface area (Å²) < 4.78 is 0. The second-order valence-electron chi connectivity index (χ2n) is 5.28. The Kier molecular flexibility index (Phi) is 2.96. The van der Waals surface area contributed by atoms with Gasteiger partial charge in [0.15, 0.2) is 0 Å². The highest BCUT2D eigenvalue weighted by atomic mass is 14.8. The smallest absolute Gasteiger partial charge is 0.0921 e. The SMILES string of the molecule is c1ccc(-c2ncc(-c3ccncc3)c3c2CCC3)nc1. The van der Waals surface area contributed by atoms with Crippen molar-refractivity contribution in [1.82, 2.24) is 15.0 Å². The largest absolute Gasteiger partial charge is 0.265 e. The van der Waals surface area contributed by atoms with Gasteiger partial charge in [-0.3, -0.25) is 15.0 Å². The van der Waals surface area contributed by atoms with E-state index in [2.05, 4.69) is 22.1 Å². The molecule has 0 saturated carbocycles. The average molecular weight is 273 g/mol. The normalized spacial score (nSPS) is 13.1. The molecule has 4 rings (SSSR count). The van der Waals surface area contributed by atoms with Crippen molar-refractivity contribution in [3.8, 4) is 22.5 Å². The molecule has 3 nitrogen and oxygen atoms in total. The van der Waals surface area contributed by atoms with Crippen LogP contribution in [-0.4, -0.2) is 15.0 Å². The summed E-state index contributed by atoms with van der Waals surface area (Å²) in [5.74, 6) is 0. The van der Waals surface area contributed by atoms with E-state index in [1.54, 1.807) is 0 Å². The maximum absolute atomic E-state index is 4.71. The van der Waals surface area contributed by atoms with E-state index in [1.165, 1.54) is 28.7 Å². The van der Waals surface area contributed by atoms with Gasteiger partial charge in [0.05, 0.1) is 11.4 Å². The molecule has 0 amide bonds. The minimum Gasteiger partial charge on any atom is -0.265 e. The van der Waals surface area contributed by atoms with Crippen molar-refractivity contribution in [2.45, 2.75) is 19.3 Å². The standard InChI is InChI=1S/C18H15N3/c1-2-9-20-17(6-1)18-15-5-3-4-14(15)16(12-21-18)13-7-10-19-11-8-13/h1-2,6-12H,3-5H2. The highest BCUT2D eigenvalue weighted by Crippen LogP contribution is 2.36. The summed E-state index contributed by atoms with van der Waals surface area (Å²) in [6.45, 7) is 0. The molecule has 0 N–H and O–H groups in total. The zero-order valence-corrected chi connectivity index (χ0v) is 11.7. The molecule has 0 saturated heterocycles. The predicted octanol–water partition coefficient (Wildman–Crippen LogP) is 3.69. The molecule has 3 heteroatoms. The molecule has 3 heterocycles. The highest BCUT2D eigenvalue weighted by molar-refractivity contribution is 5.73. The molecular weight excluding hydrogens is 258 g/mol. The lowest BCUT2D eigenvalue weighted by atomic mass is 9.97. The van der Waals surface area contributed by atoms with Gasteiger partial charge in [0, 0.05) is 30.4 Å². The third kappa shape index (κ3) is 2.11. The second-order valence-corrected chi connectivity index (χ2v) is 5.28. The van der Waals surface area contributed by atoms with Gasteiger partial charge < -0.3 is 0 Å². The van der Waals surface area contributed by atoms with Gasteiger partial charge in [-0.15, -0.1) is 0 Å².